The first-order valence-electron chi connectivity index (χ1n) is 9.99. The van der Waals surface area contributed by atoms with Crippen LogP contribution < -0.4 is 4.74 Å². The van der Waals surface area contributed by atoms with E-state index in [-0.39, 0.29) is 23.1 Å². The van der Waals surface area contributed by atoms with Gasteiger partial charge in [0.2, 0.25) is 5.82 Å². The predicted octanol–water partition coefficient (Wildman–Crippen LogP) is 6.30. The number of rotatable bonds is 6. The third-order valence-electron chi connectivity index (χ3n) is 5.93. The molecule has 1 saturated heterocycles. The van der Waals surface area contributed by atoms with Gasteiger partial charge in [-0.1, -0.05) is 28.7 Å². The number of aryl methyl sites for hydroxylation is 1. The zero-order chi connectivity index (χ0) is 19.4. The van der Waals surface area contributed by atoms with Crippen molar-refractivity contribution >= 4 is 34.2 Å². The normalized spacial score (nSPS) is 31.7. The molecular formula is C21H28ClF2IO2. The molecule has 0 amide bonds. The van der Waals surface area contributed by atoms with E-state index in [9.17, 15) is 8.78 Å². The Balaban J connectivity index is 1.52. The first-order valence-corrected chi connectivity index (χ1v) is 11.7. The Kier molecular flexibility index (Phi) is 8.03. The molecule has 0 spiro atoms. The molecule has 2 fully saturated rings. The summed E-state index contributed by atoms with van der Waals surface area (Å²) in [5.41, 5.74) is 0.377. The highest BCUT2D eigenvalue weighted by Crippen LogP contribution is 2.38. The maximum absolute atomic E-state index is 14.3. The highest BCUT2D eigenvalue weighted by molar-refractivity contribution is 14.1. The molecule has 3 atom stereocenters. The Hall–Kier alpha value is -0.140. The zero-order valence-electron chi connectivity index (χ0n) is 15.7. The van der Waals surface area contributed by atoms with Gasteiger partial charge in [0.25, 0.3) is 0 Å². The second kappa shape index (κ2) is 10.1. The van der Waals surface area contributed by atoms with Crippen molar-refractivity contribution in [1.82, 2.24) is 0 Å². The molecule has 1 heterocycles. The van der Waals surface area contributed by atoms with Crippen LogP contribution in [0.25, 0.3) is 0 Å². The minimum absolute atomic E-state index is 0.0287. The lowest BCUT2D eigenvalue weighted by atomic mass is 9.80. The van der Waals surface area contributed by atoms with Crippen LogP contribution in [0.2, 0.25) is 0 Å². The highest BCUT2D eigenvalue weighted by Gasteiger charge is 2.35. The summed E-state index contributed by atoms with van der Waals surface area (Å²) in [6.07, 6.45) is 7.26. The minimum atomic E-state index is -0.900. The lowest BCUT2D eigenvalue weighted by Gasteiger charge is -2.39. The third kappa shape index (κ3) is 5.47. The molecule has 3 unspecified atom stereocenters. The van der Waals surface area contributed by atoms with Crippen LogP contribution in [-0.4, -0.2) is 28.6 Å². The van der Waals surface area contributed by atoms with Gasteiger partial charge in [-0.25, -0.2) is 4.39 Å². The molecule has 3 rings (SSSR count). The Bertz CT molecular complexity index is 622. The highest BCUT2D eigenvalue weighted by atomic mass is 127. The quantitative estimate of drug-likeness (QED) is 0.329. The van der Waals surface area contributed by atoms with Gasteiger partial charge in [-0.05, 0) is 75.3 Å². The smallest absolute Gasteiger partial charge is 0.200 e. The molecule has 0 aromatic heterocycles. The van der Waals surface area contributed by atoms with Crippen molar-refractivity contribution in [1.29, 1.82) is 0 Å². The molecule has 1 aliphatic carbocycles. The number of benzene rings is 1. The van der Waals surface area contributed by atoms with Crippen molar-refractivity contribution in [2.45, 2.75) is 67.3 Å². The average Bonchev–Trinajstić information content (AvgIpc) is 2.66. The average molecular weight is 513 g/mol. The van der Waals surface area contributed by atoms with E-state index in [4.69, 9.17) is 21.1 Å². The Morgan fingerprint density at radius 2 is 1.93 bits per heavy atom. The van der Waals surface area contributed by atoms with E-state index in [1.54, 1.807) is 13.0 Å². The van der Waals surface area contributed by atoms with Gasteiger partial charge in [-0.15, -0.1) is 11.6 Å². The van der Waals surface area contributed by atoms with Gasteiger partial charge < -0.3 is 9.47 Å². The second-order valence-corrected chi connectivity index (χ2v) is 10.0. The minimum Gasteiger partial charge on any atom is -0.491 e. The summed E-state index contributed by atoms with van der Waals surface area (Å²) in [6, 6.07) is 3.12. The van der Waals surface area contributed by atoms with Crippen molar-refractivity contribution in [2.75, 3.05) is 13.2 Å². The number of alkyl halides is 2. The summed E-state index contributed by atoms with van der Waals surface area (Å²) in [4.78, 5) is 0. The van der Waals surface area contributed by atoms with Crippen molar-refractivity contribution in [3.63, 3.8) is 0 Å². The molecule has 1 aromatic carbocycles. The van der Waals surface area contributed by atoms with E-state index in [1.807, 2.05) is 0 Å². The maximum Gasteiger partial charge on any atom is 0.200 e. The van der Waals surface area contributed by atoms with Crippen molar-refractivity contribution in [3.05, 3.63) is 29.3 Å². The molecule has 6 heteroatoms. The zero-order valence-corrected chi connectivity index (χ0v) is 18.6. The van der Waals surface area contributed by atoms with E-state index >= 15 is 0 Å². The Labute approximate surface area is 179 Å². The lowest BCUT2D eigenvalue weighted by molar-refractivity contribution is -0.0537. The van der Waals surface area contributed by atoms with Crippen LogP contribution >= 0.6 is 34.2 Å². The number of ether oxygens (including phenoxy) is 2. The summed E-state index contributed by atoms with van der Waals surface area (Å²) in [5.74, 6) is -0.937. The first kappa shape index (κ1) is 21.6. The summed E-state index contributed by atoms with van der Waals surface area (Å²) in [5, 5.41) is 0.0386. The lowest BCUT2D eigenvalue weighted by Crippen LogP contribution is -2.40. The van der Waals surface area contributed by atoms with Crippen LogP contribution in [0.3, 0.4) is 0 Å². The number of hydrogen-bond acceptors (Lipinski definition) is 2. The fourth-order valence-electron chi connectivity index (χ4n) is 4.25. The van der Waals surface area contributed by atoms with Gasteiger partial charge >= 0.3 is 0 Å². The number of hydrogen-bond donors (Lipinski definition) is 0. The topological polar surface area (TPSA) is 18.5 Å². The van der Waals surface area contributed by atoms with Crippen LogP contribution in [0, 0.1) is 23.5 Å². The van der Waals surface area contributed by atoms with Crippen molar-refractivity contribution in [3.8, 4) is 5.75 Å². The largest absolute Gasteiger partial charge is 0.491 e. The van der Waals surface area contributed by atoms with Gasteiger partial charge in [0, 0.05) is 9.30 Å². The van der Waals surface area contributed by atoms with E-state index in [0.717, 1.165) is 10.3 Å². The van der Waals surface area contributed by atoms with Crippen LogP contribution in [0.1, 0.15) is 51.0 Å². The van der Waals surface area contributed by atoms with E-state index in [1.165, 1.54) is 31.7 Å². The van der Waals surface area contributed by atoms with Gasteiger partial charge in [0.15, 0.2) is 11.6 Å². The molecule has 0 N–H and O–H groups in total. The van der Waals surface area contributed by atoms with Crippen LogP contribution in [0.15, 0.2) is 12.1 Å². The molecule has 0 radical (unpaired) electrons. The monoisotopic (exact) mass is 512 g/mol. The summed E-state index contributed by atoms with van der Waals surface area (Å²) < 4.78 is 40.3. The summed E-state index contributed by atoms with van der Waals surface area (Å²) in [7, 11) is 0. The van der Waals surface area contributed by atoms with Crippen LogP contribution in [-0.2, 0) is 11.2 Å². The van der Waals surface area contributed by atoms with Gasteiger partial charge in [0.1, 0.15) is 0 Å². The SMILES string of the molecule is CCOc1ccc(CCC2COC(C3CCC(I)CC3)CC2Cl)c(F)c1F. The van der Waals surface area contributed by atoms with Crippen molar-refractivity contribution < 1.29 is 18.3 Å². The molecule has 1 aromatic rings. The van der Waals surface area contributed by atoms with E-state index in [0.29, 0.717) is 37.5 Å². The first-order chi connectivity index (χ1) is 13.0. The molecule has 27 heavy (non-hydrogen) atoms. The fourth-order valence-corrected chi connectivity index (χ4v) is 5.34. The second-order valence-electron chi connectivity index (χ2n) is 7.72. The third-order valence-corrected chi connectivity index (χ3v) is 7.71. The maximum atomic E-state index is 14.3. The van der Waals surface area contributed by atoms with Gasteiger partial charge in [-0.2, -0.15) is 4.39 Å². The number of halogens is 4. The van der Waals surface area contributed by atoms with Crippen LogP contribution in [0.5, 0.6) is 5.75 Å². The Morgan fingerprint density at radius 1 is 1.19 bits per heavy atom. The molecular weight excluding hydrogens is 485 g/mol. The van der Waals surface area contributed by atoms with Gasteiger partial charge in [-0.3, -0.25) is 0 Å². The fraction of sp³-hybridized carbons (Fsp3) is 0.714. The molecule has 1 saturated carbocycles. The van der Waals surface area contributed by atoms with E-state index in [2.05, 4.69) is 22.6 Å². The standard InChI is InChI=1S/C21H28ClF2IO2/c1-2-26-18-10-7-14(20(23)21(18)24)3-4-15-12-27-19(11-17(15)22)13-5-8-16(25)9-6-13/h7,10,13,15-17,19H,2-6,8-9,11-12H2,1H3. The Morgan fingerprint density at radius 3 is 2.59 bits per heavy atom. The molecule has 1 aliphatic heterocycles. The molecule has 0 bridgehead atoms. The van der Waals surface area contributed by atoms with Crippen LogP contribution in [0.4, 0.5) is 8.78 Å². The summed E-state index contributed by atoms with van der Waals surface area (Å²) in [6.45, 7) is 2.67. The van der Waals surface area contributed by atoms with Crippen molar-refractivity contribution in [2.24, 2.45) is 11.8 Å². The molecule has 2 aliphatic rings. The van der Waals surface area contributed by atoms with Gasteiger partial charge in [0.05, 0.1) is 19.3 Å². The molecule has 2 nitrogen and oxygen atoms in total. The summed E-state index contributed by atoms with van der Waals surface area (Å²) >= 11 is 9.20. The van der Waals surface area contributed by atoms with E-state index < -0.39 is 11.6 Å². The molecule has 152 valence electrons. The predicted molar refractivity (Wildman–Crippen MR) is 113 cm³/mol.